The molecular weight excluding hydrogens is 452 g/mol. The Kier molecular flexibility index (Phi) is 7.54. The van der Waals surface area contributed by atoms with Gasteiger partial charge in [0.25, 0.3) is 0 Å². The van der Waals surface area contributed by atoms with Crippen LogP contribution >= 0.6 is 0 Å². The van der Waals surface area contributed by atoms with Crippen molar-refractivity contribution in [3.63, 3.8) is 0 Å². The number of esters is 3. The average molecular weight is 476 g/mol. The van der Waals surface area contributed by atoms with Crippen molar-refractivity contribution in [2.24, 2.45) is 0 Å². The van der Waals surface area contributed by atoms with Gasteiger partial charge in [0.05, 0.1) is 22.8 Å². The quantitative estimate of drug-likeness (QED) is 0.426. The van der Waals surface area contributed by atoms with Crippen LogP contribution in [0, 0.1) is 0 Å². The second-order valence-electron chi connectivity index (χ2n) is 7.94. The molecule has 0 aromatic heterocycles. The summed E-state index contributed by atoms with van der Waals surface area (Å²) in [5.41, 5.74) is 0.715. The number of carbonyl (C=O) groups excluding carboxylic acids is 3. The molecule has 0 radical (unpaired) electrons. The second-order valence-corrected chi connectivity index (χ2v) is 7.94. The molecule has 1 aliphatic rings. The zero-order valence-corrected chi connectivity index (χ0v) is 18.9. The Morgan fingerprint density at radius 1 is 0.629 bits per heavy atom. The van der Waals surface area contributed by atoms with Gasteiger partial charge in [-0.1, -0.05) is 54.6 Å². The Balaban J connectivity index is 1.63. The van der Waals surface area contributed by atoms with Crippen LogP contribution in [0.5, 0.6) is 0 Å². The van der Waals surface area contributed by atoms with Crippen LogP contribution in [-0.2, 0) is 18.9 Å². The van der Waals surface area contributed by atoms with Crippen molar-refractivity contribution in [3.05, 3.63) is 108 Å². The lowest BCUT2D eigenvalue weighted by Gasteiger charge is -2.41. The van der Waals surface area contributed by atoms with Gasteiger partial charge in [-0.15, -0.1) is 0 Å². The monoisotopic (exact) mass is 476 g/mol. The third kappa shape index (κ3) is 5.74. The molecule has 1 fully saturated rings. The van der Waals surface area contributed by atoms with Crippen LogP contribution in [0.4, 0.5) is 0 Å². The highest BCUT2D eigenvalue weighted by atomic mass is 16.7. The smallest absolute Gasteiger partial charge is 0.340 e. The maximum atomic E-state index is 12.9. The van der Waals surface area contributed by atoms with E-state index in [0.29, 0.717) is 0 Å². The average Bonchev–Trinajstić information content (AvgIpc) is 2.90. The van der Waals surface area contributed by atoms with Gasteiger partial charge in [0.2, 0.25) is 12.4 Å². The van der Waals surface area contributed by atoms with Crippen molar-refractivity contribution in [3.8, 4) is 0 Å². The summed E-state index contributed by atoms with van der Waals surface area (Å²) in [5, 5.41) is 10.8. The standard InChI is InChI=1S/C27H24O8/c1-17-21(28)22(33-24(29)18-11-5-2-6-12-18)23(34-25(30)19-13-7-3-8-14-19)27(32-17)35-26(31)20-15-9-4-10-16-20/h2-17,21-23,27-28H,1H3/t17?,21-,22+,23?,27+/m1/s1. The maximum absolute atomic E-state index is 12.9. The fourth-order valence-electron chi connectivity index (χ4n) is 3.62. The van der Waals surface area contributed by atoms with E-state index < -0.39 is 48.6 Å². The van der Waals surface area contributed by atoms with Gasteiger partial charge in [-0.05, 0) is 43.3 Å². The minimum Gasteiger partial charge on any atom is -0.452 e. The number of hydrogen-bond acceptors (Lipinski definition) is 8. The molecule has 0 amide bonds. The van der Waals surface area contributed by atoms with E-state index in [-0.39, 0.29) is 16.7 Å². The highest BCUT2D eigenvalue weighted by Gasteiger charge is 2.50. The van der Waals surface area contributed by atoms with Gasteiger partial charge in [-0.3, -0.25) is 0 Å². The molecule has 180 valence electrons. The molecule has 1 heterocycles. The first-order chi connectivity index (χ1) is 16.9. The molecule has 4 rings (SSSR count). The van der Waals surface area contributed by atoms with E-state index in [4.69, 9.17) is 18.9 Å². The van der Waals surface area contributed by atoms with Gasteiger partial charge >= 0.3 is 17.9 Å². The molecule has 8 nitrogen and oxygen atoms in total. The minimum absolute atomic E-state index is 0.224. The number of aliphatic hydroxyl groups excluding tert-OH is 1. The third-order valence-corrected chi connectivity index (χ3v) is 5.50. The lowest BCUT2D eigenvalue weighted by atomic mass is 9.99. The summed E-state index contributed by atoms with van der Waals surface area (Å²) in [6.45, 7) is 1.53. The van der Waals surface area contributed by atoms with E-state index in [1.807, 2.05) is 0 Å². The van der Waals surface area contributed by atoms with Crippen molar-refractivity contribution in [1.82, 2.24) is 0 Å². The first kappa shape index (κ1) is 24.1. The van der Waals surface area contributed by atoms with Gasteiger partial charge in [0.15, 0.2) is 6.10 Å². The molecule has 1 saturated heterocycles. The predicted molar refractivity (Wildman–Crippen MR) is 123 cm³/mol. The molecule has 8 heteroatoms. The molecule has 1 N–H and O–H groups in total. The highest BCUT2D eigenvalue weighted by molar-refractivity contribution is 5.91. The van der Waals surface area contributed by atoms with Crippen LogP contribution in [0.2, 0.25) is 0 Å². The highest BCUT2D eigenvalue weighted by Crippen LogP contribution is 2.29. The molecule has 3 aromatic rings. The Morgan fingerprint density at radius 3 is 1.43 bits per heavy atom. The second kappa shape index (κ2) is 10.9. The first-order valence-electron chi connectivity index (χ1n) is 11.1. The zero-order chi connectivity index (χ0) is 24.8. The third-order valence-electron chi connectivity index (χ3n) is 5.50. The number of hydrogen-bond donors (Lipinski definition) is 1. The van der Waals surface area contributed by atoms with Crippen LogP contribution in [0.15, 0.2) is 91.0 Å². The van der Waals surface area contributed by atoms with E-state index in [1.165, 1.54) is 6.92 Å². The molecule has 0 aliphatic carbocycles. The van der Waals surface area contributed by atoms with E-state index in [0.717, 1.165) is 0 Å². The van der Waals surface area contributed by atoms with Crippen molar-refractivity contribution in [2.45, 2.75) is 37.6 Å². The molecule has 0 spiro atoms. The van der Waals surface area contributed by atoms with Crippen molar-refractivity contribution < 1.29 is 38.4 Å². The maximum Gasteiger partial charge on any atom is 0.340 e. The molecular formula is C27H24O8. The molecule has 1 aliphatic heterocycles. The Morgan fingerprint density at radius 2 is 1.00 bits per heavy atom. The number of benzene rings is 3. The van der Waals surface area contributed by atoms with E-state index in [9.17, 15) is 19.5 Å². The van der Waals surface area contributed by atoms with E-state index in [1.54, 1.807) is 91.0 Å². The Bertz CT molecular complexity index is 1150. The fraction of sp³-hybridized carbons (Fsp3) is 0.222. The minimum atomic E-state index is -1.44. The van der Waals surface area contributed by atoms with Crippen LogP contribution < -0.4 is 0 Å². The van der Waals surface area contributed by atoms with Crippen LogP contribution in [0.3, 0.4) is 0 Å². The lowest BCUT2D eigenvalue weighted by Crippen LogP contribution is -2.60. The number of aliphatic hydroxyl groups is 1. The van der Waals surface area contributed by atoms with Crippen molar-refractivity contribution >= 4 is 17.9 Å². The SMILES string of the molecule is CC1O[C@@H](OC(=O)c2ccccc2)C(OC(=O)c2ccccc2)[C@@H](OC(=O)c2ccccc2)[C@@H]1O. The van der Waals surface area contributed by atoms with Crippen LogP contribution in [-0.4, -0.2) is 53.7 Å². The summed E-state index contributed by atoms with van der Waals surface area (Å²) in [6, 6.07) is 24.5. The van der Waals surface area contributed by atoms with E-state index >= 15 is 0 Å². The zero-order valence-electron chi connectivity index (χ0n) is 18.9. The lowest BCUT2D eigenvalue weighted by molar-refractivity contribution is -0.275. The molecule has 0 bridgehead atoms. The van der Waals surface area contributed by atoms with Crippen molar-refractivity contribution in [1.29, 1.82) is 0 Å². The molecule has 35 heavy (non-hydrogen) atoms. The predicted octanol–water partition coefficient (Wildman–Crippen LogP) is 3.40. The normalized spacial score (nSPS) is 23.7. The Hall–Kier alpha value is -4.01. The van der Waals surface area contributed by atoms with Gasteiger partial charge in [-0.25, -0.2) is 14.4 Å². The summed E-state index contributed by atoms with van der Waals surface area (Å²) in [7, 11) is 0. The van der Waals surface area contributed by atoms with Gasteiger partial charge < -0.3 is 24.1 Å². The largest absolute Gasteiger partial charge is 0.452 e. The Labute approximate surface area is 202 Å². The first-order valence-corrected chi connectivity index (χ1v) is 11.1. The summed E-state index contributed by atoms with van der Waals surface area (Å²) >= 11 is 0. The molecule has 5 atom stereocenters. The van der Waals surface area contributed by atoms with Crippen LogP contribution in [0.25, 0.3) is 0 Å². The number of ether oxygens (including phenoxy) is 4. The summed E-state index contributed by atoms with van der Waals surface area (Å²) in [5.74, 6) is -2.23. The van der Waals surface area contributed by atoms with Crippen molar-refractivity contribution in [2.75, 3.05) is 0 Å². The van der Waals surface area contributed by atoms with Crippen LogP contribution in [0.1, 0.15) is 38.0 Å². The fourth-order valence-corrected chi connectivity index (χ4v) is 3.62. The van der Waals surface area contributed by atoms with Gasteiger partial charge in [0, 0.05) is 0 Å². The molecule has 3 aromatic carbocycles. The summed E-state index contributed by atoms with van der Waals surface area (Å²) in [4.78, 5) is 38.4. The van der Waals surface area contributed by atoms with Gasteiger partial charge in [-0.2, -0.15) is 0 Å². The number of rotatable bonds is 6. The van der Waals surface area contributed by atoms with Gasteiger partial charge in [0.1, 0.15) is 6.10 Å². The topological polar surface area (TPSA) is 108 Å². The summed E-state index contributed by atoms with van der Waals surface area (Å²) in [6.07, 6.45) is -6.50. The summed E-state index contributed by atoms with van der Waals surface area (Å²) < 4.78 is 22.4. The molecule has 0 saturated carbocycles. The van der Waals surface area contributed by atoms with E-state index in [2.05, 4.69) is 0 Å². The molecule has 2 unspecified atom stereocenters. The number of carbonyl (C=O) groups is 3.